The molecule has 0 aliphatic heterocycles. The molecule has 3 amide bonds. The lowest BCUT2D eigenvalue weighted by Gasteiger charge is -2.17. The number of amides is 3. The highest BCUT2D eigenvalue weighted by Crippen LogP contribution is 2.30. The Bertz CT molecular complexity index is 858. The first-order chi connectivity index (χ1) is 13.2. The van der Waals surface area contributed by atoms with Crippen molar-refractivity contribution >= 4 is 34.1 Å². The van der Waals surface area contributed by atoms with Crippen LogP contribution >= 0.6 is 11.3 Å². The van der Waals surface area contributed by atoms with Crippen molar-refractivity contribution in [2.45, 2.75) is 60.3 Å². The quantitative estimate of drug-likeness (QED) is 0.545. The summed E-state index contributed by atoms with van der Waals surface area (Å²) in [5.74, 6) is 0.171. The Morgan fingerprint density at radius 3 is 2.50 bits per heavy atom. The van der Waals surface area contributed by atoms with Crippen molar-refractivity contribution in [3.05, 3.63) is 39.4 Å². The Balaban J connectivity index is 2.15. The molecule has 1 aromatic carbocycles. The fourth-order valence-corrected chi connectivity index (χ4v) is 3.89. The number of rotatable bonds is 7. The molecule has 1 heterocycles. The van der Waals surface area contributed by atoms with Gasteiger partial charge in [0, 0.05) is 12.2 Å². The van der Waals surface area contributed by atoms with Crippen LogP contribution in [0.5, 0.6) is 0 Å². The van der Waals surface area contributed by atoms with Crippen LogP contribution in [0.2, 0.25) is 0 Å². The van der Waals surface area contributed by atoms with E-state index < -0.39 is 0 Å². The highest BCUT2D eigenvalue weighted by molar-refractivity contribution is 7.17. The van der Waals surface area contributed by atoms with Crippen LogP contribution in [-0.4, -0.2) is 23.5 Å². The zero-order chi connectivity index (χ0) is 20.8. The summed E-state index contributed by atoms with van der Waals surface area (Å²) in [7, 11) is 0. The lowest BCUT2D eigenvalue weighted by molar-refractivity contribution is 0.102. The first-order valence-corrected chi connectivity index (χ1v) is 10.5. The van der Waals surface area contributed by atoms with E-state index in [0.29, 0.717) is 28.2 Å². The van der Waals surface area contributed by atoms with E-state index in [2.05, 4.69) is 47.8 Å². The summed E-state index contributed by atoms with van der Waals surface area (Å²) >= 11 is 1.18. The third-order valence-corrected chi connectivity index (χ3v) is 5.69. The van der Waals surface area contributed by atoms with Gasteiger partial charge in [-0.25, -0.2) is 9.78 Å². The molecular formula is C21H30N4O2S. The van der Waals surface area contributed by atoms with Gasteiger partial charge in [0.2, 0.25) is 0 Å². The number of anilines is 2. The standard InChI is InChI=1S/C21H30N4O2S/c1-7-8-11-22-20(27)25-21-23-15(6)18(28-21)19(26)24-17-13(4)9-10-16(12(2)3)14(17)5/h9-10,12H,7-8,11H2,1-6H3,(H,24,26)(H2,22,23,25,27). The zero-order valence-corrected chi connectivity index (χ0v) is 18.3. The minimum atomic E-state index is -0.300. The van der Waals surface area contributed by atoms with Crippen LogP contribution < -0.4 is 16.0 Å². The van der Waals surface area contributed by atoms with Crippen molar-refractivity contribution in [2.24, 2.45) is 0 Å². The minimum Gasteiger partial charge on any atom is -0.338 e. The van der Waals surface area contributed by atoms with E-state index in [9.17, 15) is 9.59 Å². The van der Waals surface area contributed by atoms with Crippen LogP contribution in [0.1, 0.15) is 71.6 Å². The van der Waals surface area contributed by atoms with E-state index in [-0.39, 0.29) is 11.9 Å². The number of unbranched alkanes of at least 4 members (excludes halogenated alkanes) is 1. The first-order valence-electron chi connectivity index (χ1n) is 9.68. The summed E-state index contributed by atoms with van der Waals surface area (Å²) in [5, 5.41) is 8.94. The summed E-state index contributed by atoms with van der Waals surface area (Å²) in [4.78, 5) is 29.6. The van der Waals surface area contributed by atoms with Gasteiger partial charge in [-0.3, -0.25) is 10.1 Å². The molecule has 0 spiro atoms. The number of hydrogen-bond donors (Lipinski definition) is 3. The lowest BCUT2D eigenvalue weighted by atomic mass is 9.94. The summed E-state index contributed by atoms with van der Waals surface area (Å²) in [6.45, 7) is 12.8. The molecule has 0 saturated carbocycles. The number of urea groups is 1. The van der Waals surface area contributed by atoms with Crippen molar-refractivity contribution in [2.75, 3.05) is 17.2 Å². The second-order valence-corrected chi connectivity index (χ2v) is 8.25. The van der Waals surface area contributed by atoms with E-state index in [1.165, 1.54) is 16.9 Å². The summed E-state index contributed by atoms with van der Waals surface area (Å²) in [5.41, 5.74) is 4.76. The number of nitrogens with one attached hydrogen (secondary N) is 3. The Hall–Kier alpha value is -2.41. The molecule has 0 atom stereocenters. The number of thiazole rings is 1. The highest BCUT2D eigenvalue weighted by atomic mass is 32.1. The molecule has 7 heteroatoms. The van der Waals surface area contributed by atoms with E-state index >= 15 is 0 Å². The number of benzene rings is 1. The van der Waals surface area contributed by atoms with Crippen LogP contribution in [0.3, 0.4) is 0 Å². The van der Waals surface area contributed by atoms with Gasteiger partial charge < -0.3 is 10.6 Å². The monoisotopic (exact) mass is 402 g/mol. The van der Waals surface area contributed by atoms with E-state index in [4.69, 9.17) is 0 Å². The fourth-order valence-electron chi connectivity index (χ4n) is 3.03. The first kappa shape index (κ1) is 21.9. The van der Waals surface area contributed by atoms with Gasteiger partial charge in [0.25, 0.3) is 5.91 Å². The minimum absolute atomic E-state index is 0.207. The van der Waals surface area contributed by atoms with E-state index in [1.54, 1.807) is 6.92 Å². The maximum absolute atomic E-state index is 12.9. The molecule has 0 unspecified atom stereocenters. The average Bonchev–Trinajstić information content (AvgIpc) is 2.98. The molecule has 0 aliphatic carbocycles. The number of carbonyl (C=O) groups excluding carboxylic acids is 2. The van der Waals surface area contributed by atoms with Gasteiger partial charge in [0.1, 0.15) is 4.88 Å². The maximum Gasteiger partial charge on any atom is 0.321 e. The molecule has 0 fully saturated rings. The summed E-state index contributed by atoms with van der Waals surface area (Å²) < 4.78 is 0. The Morgan fingerprint density at radius 2 is 1.86 bits per heavy atom. The molecule has 0 aliphatic rings. The van der Waals surface area contributed by atoms with Gasteiger partial charge in [0.05, 0.1) is 5.69 Å². The third kappa shape index (κ3) is 5.32. The van der Waals surface area contributed by atoms with Gasteiger partial charge in [-0.15, -0.1) is 0 Å². The number of aromatic nitrogens is 1. The van der Waals surface area contributed by atoms with Crippen molar-refractivity contribution in [3.8, 4) is 0 Å². The Morgan fingerprint density at radius 1 is 1.14 bits per heavy atom. The van der Waals surface area contributed by atoms with Crippen molar-refractivity contribution < 1.29 is 9.59 Å². The molecule has 28 heavy (non-hydrogen) atoms. The number of aryl methyl sites for hydroxylation is 2. The van der Waals surface area contributed by atoms with Gasteiger partial charge in [-0.05, 0) is 49.8 Å². The molecule has 2 aromatic rings. The second-order valence-electron chi connectivity index (χ2n) is 7.25. The van der Waals surface area contributed by atoms with Crippen molar-refractivity contribution in [3.63, 3.8) is 0 Å². The van der Waals surface area contributed by atoms with Gasteiger partial charge in [0.15, 0.2) is 5.13 Å². The molecule has 152 valence electrons. The van der Waals surface area contributed by atoms with Crippen molar-refractivity contribution in [1.82, 2.24) is 10.3 Å². The average molecular weight is 403 g/mol. The SMILES string of the molecule is CCCCNC(=O)Nc1nc(C)c(C(=O)Nc2c(C)ccc(C(C)C)c2C)s1. The number of carbonyl (C=O) groups is 2. The van der Waals surface area contributed by atoms with Gasteiger partial charge >= 0.3 is 6.03 Å². The van der Waals surface area contributed by atoms with Gasteiger partial charge in [-0.2, -0.15) is 0 Å². The predicted molar refractivity (Wildman–Crippen MR) is 117 cm³/mol. The van der Waals surface area contributed by atoms with Crippen LogP contribution in [0.25, 0.3) is 0 Å². The molecule has 2 rings (SSSR count). The lowest BCUT2D eigenvalue weighted by Crippen LogP contribution is -2.29. The molecule has 1 aromatic heterocycles. The summed E-state index contributed by atoms with van der Waals surface area (Å²) in [6.07, 6.45) is 1.93. The fraction of sp³-hybridized carbons (Fsp3) is 0.476. The topological polar surface area (TPSA) is 83.1 Å². The molecule has 0 saturated heterocycles. The zero-order valence-electron chi connectivity index (χ0n) is 17.5. The maximum atomic E-state index is 12.9. The largest absolute Gasteiger partial charge is 0.338 e. The highest BCUT2D eigenvalue weighted by Gasteiger charge is 2.19. The van der Waals surface area contributed by atoms with Crippen LogP contribution in [0.15, 0.2) is 12.1 Å². The number of hydrogen-bond acceptors (Lipinski definition) is 4. The Labute approximate surface area is 171 Å². The Kier molecular flexibility index (Phi) is 7.57. The van der Waals surface area contributed by atoms with E-state index in [1.807, 2.05) is 19.9 Å². The third-order valence-electron chi connectivity index (χ3n) is 4.61. The normalized spacial score (nSPS) is 10.8. The van der Waals surface area contributed by atoms with Gasteiger partial charge in [-0.1, -0.05) is 50.7 Å². The molecule has 0 radical (unpaired) electrons. The van der Waals surface area contributed by atoms with Crippen molar-refractivity contribution in [1.29, 1.82) is 0 Å². The molecule has 3 N–H and O–H groups in total. The second kappa shape index (κ2) is 9.68. The van der Waals surface area contributed by atoms with Crippen LogP contribution in [0, 0.1) is 20.8 Å². The molecule has 6 nitrogen and oxygen atoms in total. The van der Waals surface area contributed by atoms with E-state index in [0.717, 1.165) is 29.7 Å². The predicted octanol–water partition coefficient (Wildman–Crippen LogP) is 5.37. The molecular weight excluding hydrogens is 372 g/mol. The molecule has 0 bridgehead atoms. The smallest absolute Gasteiger partial charge is 0.321 e. The van der Waals surface area contributed by atoms with Crippen LogP contribution in [-0.2, 0) is 0 Å². The summed E-state index contributed by atoms with van der Waals surface area (Å²) in [6, 6.07) is 3.85. The number of nitrogens with zero attached hydrogens (tertiary/aromatic N) is 1. The van der Waals surface area contributed by atoms with Crippen LogP contribution in [0.4, 0.5) is 15.6 Å².